The fraction of sp³-hybridized carbons (Fsp3) is 1.00. The largest absolute Gasteiger partial charge is 0.169 e. The molecule has 0 unspecified atom stereocenters. The summed E-state index contributed by atoms with van der Waals surface area (Å²) in [5.74, 6) is 0. The van der Waals surface area contributed by atoms with Crippen LogP contribution >= 0.6 is 11.8 Å². The molecule has 7 heavy (non-hydrogen) atoms. The van der Waals surface area contributed by atoms with Crippen molar-refractivity contribution < 1.29 is 0 Å². The van der Waals surface area contributed by atoms with Gasteiger partial charge in [-0.15, -0.1) is 0 Å². The topological polar surface area (TPSA) is 0 Å². The van der Waals surface area contributed by atoms with Gasteiger partial charge in [-0.05, 0) is 12.5 Å². The SMILES string of the molecule is CCCC.CSC. The maximum atomic E-state index is 2.18. The zero-order valence-electron chi connectivity index (χ0n) is 5.82. The highest BCUT2D eigenvalue weighted by molar-refractivity contribution is 7.97. The van der Waals surface area contributed by atoms with Crippen molar-refractivity contribution in [3.63, 3.8) is 0 Å². The molecule has 0 spiro atoms. The predicted octanol–water partition coefficient (Wildman–Crippen LogP) is 2.79. The van der Waals surface area contributed by atoms with Gasteiger partial charge < -0.3 is 0 Å². The molecule has 0 aromatic carbocycles. The van der Waals surface area contributed by atoms with Gasteiger partial charge in [0.05, 0.1) is 0 Å². The van der Waals surface area contributed by atoms with Gasteiger partial charge in [0, 0.05) is 0 Å². The minimum absolute atomic E-state index is 1.32. The lowest BCUT2D eigenvalue weighted by Gasteiger charge is -1.68. The molecule has 0 saturated carbocycles. The molecule has 0 aromatic rings. The second kappa shape index (κ2) is 16.2. The van der Waals surface area contributed by atoms with E-state index in [1.165, 1.54) is 12.8 Å². The van der Waals surface area contributed by atoms with Gasteiger partial charge in [0.15, 0.2) is 0 Å². The summed E-state index contributed by atoms with van der Waals surface area (Å²) < 4.78 is 0. The Hall–Kier alpha value is 0.350. The predicted molar refractivity (Wildman–Crippen MR) is 40.0 cm³/mol. The number of hydrogen-bond acceptors (Lipinski definition) is 1. The summed E-state index contributed by atoms with van der Waals surface area (Å²) in [6.07, 6.45) is 6.72. The average Bonchev–Trinajstić information content (AvgIpc) is 1.69. The summed E-state index contributed by atoms with van der Waals surface area (Å²) in [4.78, 5) is 0. The molecule has 0 amide bonds. The molecule has 0 aromatic heterocycles. The lowest BCUT2D eigenvalue weighted by atomic mass is 10.4. The summed E-state index contributed by atoms with van der Waals surface area (Å²) in [6.45, 7) is 4.36. The molecular weight excluding hydrogens is 104 g/mol. The van der Waals surface area contributed by atoms with E-state index in [4.69, 9.17) is 0 Å². The lowest BCUT2D eigenvalue weighted by molar-refractivity contribution is 0.886. The monoisotopic (exact) mass is 120 g/mol. The van der Waals surface area contributed by atoms with Gasteiger partial charge in [-0.25, -0.2) is 0 Å². The molecule has 0 aliphatic heterocycles. The van der Waals surface area contributed by atoms with Crippen LogP contribution in [-0.4, -0.2) is 12.5 Å². The van der Waals surface area contributed by atoms with Crippen molar-refractivity contribution in [3.05, 3.63) is 0 Å². The van der Waals surface area contributed by atoms with Crippen LogP contribution in [0.15, 0.2) is 0 Å². The van der Waals surface area contributed by atoms with Crippen molar-refractivity contribution in [2.75, 3.05) is 12.5 Å². The second-order valence-electron chi connectivity index (χ2n) is 1.41. The van der Waals surface area contributed by atoms with Crippen LogP contribution < -0.4 is 0 Å². The Bertz CT molecular complexity index is 11.7. The molecule has 0 bridgehead atoms. The Kier molecular flexibility index (Phi) is 24.0. The second-order valence-corrected chi connectivity index (χ2v) is 2.22. The molecule has 46 valence electrons. The first-order chi connectivity index (χ1) is 3.33. The normalized spacial score (nSPS) is 6.86. The van der Waals surface area contributed by atoms with Crippen LogP contribution in [0.2, 0.25) is 0 Å². The van der Waals surface area contributed by atoms with E-state index in [1.807, 2.05) is 12.5 Å². The van der Waals surface area contributed by atoms with Gasteiger partial charge >= 0.3 is 0 Å². The standard InChI is InChI=1S/C4H10.C2H6S/c1-3-4-2;1-3-2/h3-4H2,1-2H3;1-2H3. The summed E-state index contributed by atoms with van der Waals surface area (Å²) in [5, 5.41) is 0. The van der Waals surface area contributed by atoms with Crippen LogP contribution in [0.5, 0.6) is 0 Å². The maximum absolute atomic E-state index is 2.18. The van der Waals surface area contributed by atoms with Gasteiger partial charge in [0.25, 0.3) is 0 Å². The van der Waals surface area contributed by atoms with E-state index >= 15 is 0 Å². The Morgan fingerprint density at radius 3 is 1.14 bits per heavy atom. The molecule has 0 aliphatic carbocycles. The number of unbranched alkanes of at least 4 members (excludes halogenated alkanes) is 1. The maximum Gasteiger partial charge on any atom is -0.0187 e. The third kappa shape index (κ3) is 65.9. The number of rotatable bonds is 1. The van der Waals surface area contributed by atoms with Crippen molar-refractivity contribution in [2.24, 2.45) is 0 Å². The zero-order valence-corrected chi connectivity index (χ0v) is 6.64. The summed E-state index contributed by atoms with van der Waals surface area (Å²) in [5.41, 5.74) is 0. The van der Waals surface area contributed by atoms with Crippen LogP contribution in [0.3, 0.4) is 0 Å². The molecule has 0 fully saturated rings. The van der Waals surface area contributed by atoms with Crippen molar-refractivity contribution >= 4 is 11.8 Å². The third-order valence-electron chi connectivity index (χ3n) is 0.500. The number of hydrogen-bond donors (Lipinski definition) is 0. The third-order valence-corrected chi connectivity index (χ3v) is 0.500. The van der Waals surface area contributed by atoms with E-state index in [0.29, 0.717) is 0 Å². The van der Waals surface area contributed by atoms with Crippen LogP contribution in [-0.2, 0) is 0 Å². The molecule has 0 saturated heterocycles. The first-order valence-corrected chi connectivity index (χ1v) is 4.36. The zero-order chi connectivity index (χ0) is 6.12. The van der Waals surface area contributed by atoms with Gasteiger partial charge in [-0.2, -0.15) is 11.8 Å². The molecule has 0 aliphatic rings. The first kappa shape index (κ1) is 10.4. The smallest absolute Gasteiger partial charge is 0.0187 e. The highest BCUT2D eigenvalue weighted by Crippen LogP contribution is 1.76. The fourth-order valence-electron chi connectivity index (χ4n) is 0. The molecule has 0 N–H and O–H groups in total. The Morgan fingerprint density at radius 1 is 1.00 bits per heavy atom. The Labute approximate surface area is 51.7 Å². The van der Waals surface area contributed by atoms with E-state index in [-0.39, 0.29) is 0 Å². The highest BCUT2D eigenvalue weighted by Gasteiger charge is 1.56. The minimum atomic E-state index is 1.32. The molecular formula is C6H16S. The minimum Gasteiger partial charge on any atom is -0.169 e. The van der Waals surface area contributed by atoms with E-state index < -0.39 is 0 Å². The molecule has 0 heterocycles. The molecule has 0 radical (unpaired) electrons. The Balaban J connectivity index is 0. The van der Waals surface area contributed by atoms with Crippen LogP contribution in [0.1, 0.15) is 26.7 Å². The van der Waals surface area contributed by atoms with E-state index in [2.05, 4.69) is 13.8 Å². The van der Waals surface area contributed by atoms with Crippen LogP contribution in [0.4, 0.5) is 0 Å². The summed E-state index contributed by atoms with van der Waals surface area (Å²) in [6, 6.07) is 0. The quantitative estimate of drug-likeness (QED) is 0.513. The van der Waals surface area contributed by atoms with Crippen molar-refractivity contribution in [2.45, 2.75) is 26.7 Å². The fourth-order valence-corrected chi connectivity index (χ4v) is 0. The molecule has 0 atom stereocenters. The van der Waals surface area contributed by atoms with Gasteiger partial charge in [0.2, 0.25) is 0 Å². The molecule has 0 nitrogen and oxygen atoms in total. The van der Waals surface area contributed by atoms with Gasteiger partial charge in [0.1, 0.15) is 0 Å². The Morgan fingerprint density at radius 2 is 1.14 bits per heavy atom. The van der Waals surface area contributed by atoms with Crippen molar-refractivity contribution in [3.8, 4) is 0 Å². The van der Waals surface area contributed by atoms with Crippen LogP contribution in [0.25, 0.3) is 0 Å². The first-order valence-electron chi connectivity index (χ1n) is 2.73. The molecule has 0 rings (SSSR count). The van der Waals surface area contributed by atoms with Crippen molar-refractivity contribution in [1.82, 2.24) is 0 Å². The van der Waals surface area contributed by atoms with E-state index in [9.17, 15) is 0 Å². The summed E-state index contributed by atoms with van der Waals surface area (Å²) in [7, 11) is 0. The van der Waals surface area contributed by atoms with E-state index in [1.54, 1.807) is 11.8 Å². The van der Waals surface area contributed by atoms with Gasteiger partial charge in [-0.3, -0.25) is 0 Å². The van der Waals surface area contributed by atoms with Crippen LogP contribution in [0, 0.1) is 0 Å². The van der Waals surface area contributed by atoms with Crippen molar-refractivity contribution in [1.29, 1.82) is 0 Å². The summed E-state index contributed by atoms with van der Waals surface area (Å²) >= 11 is 1.75. The van der Waals surface area contributed by atoms with E-state index in [0.717, 1.165) is 0 Å². The highest BCUT2D eigenvalue weighted by atomic mass is 32.2. The van der Waals surface area contributed by atoms with Gasteiger partial charge in [-0.1, -0.05) is 26.7 Å². The average molecular weight is 120 g/mol. The molecule has 1 heteroatoms. The lowest BCUT2D eigenvalue weighted by Crippen LogP contribution is -1.47. The number of thioether (sulfide) groups is 1.